The lowest BCUT2D eigenvalue weighted by molar-refractivity contribution is -0.139. The van der Waals surface area contributed by atoms with E-state index in [1.54, 1.807) is 6.07 Å². The number of allylic oxidation sites excluding steroid dienone is 1. The first kappa shape index (κ1) is 11.7. The molecular weight excluding hydrogens is 170 g/mol. The van der Waals surface area contributed by atoms with Crippen molar-refractivity contribution in [2.45, 2.75) is 13.3 Å². The van der Waals surface area contributed by atoms with E-state index in [0.29, 0.717) is 13.2 Å². The molecule has 13 heavy (non-hydrogen) atoms. The van der Waals surface area contributed by atoms with Crippen LogP contribution in [0.2, 0.25) is 0 Å². The summed E-state index contributed by atoms with van der Waals surface area (Å²) in [5, 5.41) is 8.09. The lowest BCUT2D eigenvalue weighted by Gasteiger charge is -2.01. The number of hydrogen-bond donors (Lipinski definition) is 0. The predicted octanol–water partition coefficient (Wildman–Crippen LogP) is 1.04. The van der Waals surface area contributed by atoms with Crippen molar-refractivity contribution < 1.29 is 14.3 Å². The number of nitrogens with zero attached hydrogens (tertiary/aromatic N) is 1. The highest BCUT2D eigenvalue weighted by atomic mass is 16.6. The van der Waals surface area contributed by atoms with Crippen LogP contribution in [0.15, 0.2) is 12.2 Å². The number of esters is 1. The molecule has 0 rings (SSSR count). The van der Waals surface area contributed by atoms with Gasteiger partial charge in [-0.3, -0.25) is 0 Å². The van der Waals surface area contributed by atoms with Gasteiger partial charge in [0.05, 0.1) is 12.7 Å². The standard InChI is InChI=1S/C9H13NO3/c1-2-6-12-7-8-13-9(11)4-3-5-10/h3-4H,2,6-8H2,1H3. The molecule has 0 aliphatic heterocycles. The third-order valence-corrected chi connectivity index (χ3v) is 1.11. The van der Waals surface area contributed by atoms with Gasteiger partial charge in [-0.25, -0.2) is 4.79 Å². The van der Waals surface area contributed by atoms with E-state index < -0.39 is 5.97 Å². The third-order valence-electron chi connectivity index (χ3n) is 1.11. The molecule has 0 aromatic heterocycles. The summed E-state index contributed by atoms with van der Waals surface area (Å²) in [5.74, 6) is -0.512. The lowest BCUT2D eigenvalue weighted by atomic mass is 10.5. The van der Waals surface area contributed by atoms with E-state index in [1.807, 2.05) is 6.92 Å². The van der Waals surface area contributed by atoms with Crippen molar-refractivity contribution in [2.24, 2.45) is 0 Å². The normalized spacial score (nSPS) is 9.85. The molecule has 4 nitrogen and oxygen atoms in total. The van der Waals surface area contributed by atoms with Crippen LogP contribution in [0.25, 0.3) is 0 Å². The minimum Gasteiger partial charge on any atom is -0.460 e. The van der Waals surface area contributed by atoms with E-state index in [2.05, 4.69) is 4.74 Å². The molecule has 0 spiro atoms. The number of carbonyl (C=O) groups excluding carboxylic acids is 1. The second kappa shape index (κ2) is 8.75. The molecule has 0 radical (unpaired) electrons. The first-order valence-electron chi connectivity index (χ1n) is 4.12. The van der Waals surface area contributed by atoms with Crippen LogP contribution < -0.4 is 0 Å². The van der Waals surface area contributed by atoms with E-state index >= 15 is 0 Å². The first-order valence-corrected chi connectivity index (χ1v) is 4.12. The van der Waals surface area contributed by atoms with Crippen molar-refractivity contribution in [2.75, 3.05) is 19.8 Å². The molecule has 0 atom stereocenters. The quantitative estimate of drug-likeness (QED) is 0.267. The van der Waals surface area contributed by atoms with Gasteiger partial charge in [0.15, 0.2) is 0 Å². The smallest absolute Gasteiger partial charge is 0.331 e. The van der Waals surface area contributed by atoms with E-state index in [0.717, 1.165) is 18.6 Å². The first-order chi connectivity index (χ1) is 6.31. The van der Waals surface area contributed by atoms with Gasteiger partial charge in [0.2, 0.25) is 0 Å². The average molecular weight is 183 g/mol. The number of hydrogen-bond acceptors (Lipinski definition) is 4. The zero-order chi connectivity index (χ0) is 9.94. The Hall–Kier alpha value is -1.34. The zero-order valence-corrected chi connectivity index (χ0v) is 7.66. The summed E-state index contributed by atoms with van der Waals surface area (Å²) in [4.78, 5) is 10.7. The van der Waals surface area contributed by atoms with Crippen molar-refractivity contribution in [3.63, 3.8) is 0 Å². The maximum absolute atomic E-state index is 10.7. The highest BCUT2D eigenvalue weighted by Crippen LogP contribution is 1.84. The molecule has 4 heteroatoms. The highest BCUT2D eigenvalue weighted by Gasteiger charge is 1.95. The van der Waals surface area contributed by atoms with Crippen LogP contribution in [-0.2, 0) is 14.3 Å². The Balaban J connectivity index is 3.28. The molecule has 0 amide bonds. The molecule has 0 aliphatic carbocycles. The van der Waals surface area contributed by atoms with Crippen molar-refractivity contribution in [3.05, 3.63) is 12.2 Å². The molecular formula is C9H13NO3. The average Bonchev–Trinajstić information content (AvgIpc) is 2.14. The van der Waals surface area contributed by atoms with Crippen LogP contribution in [0.4, 0.5) is 0 Å². The maximum atomic E-state index is 10.7. The van der Waals surface area contributed by atoms with Gasteiger partial charge in [0, 0.05) is 18.8 Å². The summed E-state index contributed by atoms with van der Waals surface area (Å²) >= 11 is 0. The number of ether oxygens (including phenoxy) is 2. The number of carbonyl (C=O) groups is 1. The van der Waals surface area contributed by atoms with Gasteiger partial charge in [-0.15, -0.1) is 0 Å². The maximum Gasteiger partial charge on any atom is 0.331 e. The fraction of sp³-hybridized carbons (Fsp3) is 0.556. The Kier molecular flexibility index (Phi) is 7.85. The number of rotatable bonds is 6. The van der Waals surface area contributed by atoms with Gasteiger partial charge in [-0.05, 0) is 6.42 Å². The van der Waals surface area contributed by atoms with Crippen LogP contribution in [0.3, 0.4) is 0 Å². The summed E-state index contributed by atoms with van der Waals surface area (Å²) in [6.45, 7) is 3.31. The Morgan fingerprint density at radius 2 is 2.23 bits per heavy atom. The summed E-state index contributed by atoms with van der Waals surface area (Å²) < 4.78 is 9.76. The van der Waals surface area contributed by atoms with E-state index in [1.165, 1.54) is 0 Å². The summed E-state index contributed by atoms with van der Waals surface area (Å²) in [5.41, 5.74) is 0. The minimum absolute atomic E-state index is 0.231. The molecule has 0 aromatic carbocycles. The van der Waals surface area contributed by atoms with E-state index in [-0.39, 0.29) is 6.61 Å². The second-order valence-corrected chi connectivity index (χ2v) is 2.24. The molecule has 0 aromatic rings. The Bertz CT molecular complexity index is 205. The van der Waals surface area contributed by atoms with E-state index in [9.17, 15) is 4.79 Å². The fourth-order valence-corrected chi connectivity index (χ4v) is 0.601. The molecule has 0 aliphatic rings. The molecule has 0 heterocycles. The molecule has 0 N–H and O–H groups in total. The van der Waals surface area contributed by atoms with Gasteiger partial charge >= 0.3 is 5.97 Å². The topological polar surface area (TPSA) is 59.3 Å². The highest BCUT2D eigenvalue weighted by molar-refractivity contribution is 5.82. The van der Waals surface area contributed by atoms with Gasteiger partial charge in [-0.2, -0.15) is 5.26 Å². The Morgan fingerprint density at radius 1 is 1.46 bits per heavy atom. The molecule has 72 valence electrons. The number of nitriles is 1. The van der Waals surface area contributed by atoms with Crippen LogP contribution in [0.1, 0.15) is 13.3 Å². The van der Waals surface area contributed by atoms with Crippen molar-refractivity contribution in [3.8, 4) is 6.07 Å². The van der Waals surface area contributed by atoms with E-state index in [4.69, 9.17) is 10.00 Å². The van der Waals surface area contributed by atoms with Gasteiger partial charge in [-0.1, -0.05) is 6.92 Å². The SMILES string of the molecule is CCCOCCOC(=O)C=CC#N. The largest absolute Gasteiger partial charge is 0.460 e. The molecule has 0 unspecified atom stereocenters. The van der Waals surface area contributed by atoms with Crippen LogP contribution in [0.5, 0.6) is 0 Å². The van der Waals surface area contributed by atoms with Crippen LogP contribution in [-0.4, -0.2) is 25.8 Å². The monoisotopic (exact) mass is 183 g/mol. The van der Waals surface area contributed by atoms with Gasteiger partial charge < -0.3 is 9.47 Å². The lowest BCUT2D eigenvalue weighted by Crippen LogP contribution is -2.08. The second-order valence-electron chi connectivity index (χ2n) is 2.24. The summed E-state index contributed by atoms with van der Waals surface area (Å²) in [7, 11) is 0. The van der Waals surface area contributed by atoms with Crippen LogP contribution in [0, 0.1) is 11.3 Å². The molecule has 0 saturated heterocycles. The third kappa shape index (κ3) is 8.57. The Labute approximate surface area is 77.8 Å². The molecule has 0 saturated carbocycles. The fourth-order valence-electron chi connectivity index (χ4n) is 0.601. The van der Waals surface area contributed by atoms with Crippen molar-refractivity contribution in [1.82, 2.24) is 0 Å². The minimum atomic E-state index is -0.512. The zero-order valence-electron chi connectivity index (χ0n) is 7.66. The molecule has 0 fully saturated rings. The summed E-state index contributed by atoms with van der Waals surface area (Å²) in [6.07, 6.45) is 3.11. The van der Waals surface area contributed by atoms with Crippen LogP contribution >= 0.6 is 0 Å². The predicted molar refractivity (Wildman–Crippen MR) is 46.8 cm³/mol. The summed E-state index contributed by atoms with van der Waals surface area (Å²) in [6, 6.07) is 1.70. The van der Waals surface area contributed by atoms with Crippen molar-refractivity contribution >= 4 is 5.97 Å². The Morgan fingerprint density at radius 3 is 2.85 bits per heavy atom. The van der Waals surface area contributed by atoms with Gasteiger partial charge in [0.25, 0.3) is 0 Å². The molecule has 0 bridgehead atoms. The van der Waals surface area contributed by atoms with Crippen molar-refractivity contribution in [1.29, 1.82) is 5.26 Å². The van der Waals surface area contributed by atoms with Gasteiger partial charge in [0.1, 0.15) is 6.61 Å².